The molecular weight excluding hydrogens is 448 g/mol. The highest BCUT2D eigenvalue weighted by atomic mass is 16.1. The van der Waals surface area contributed by atoms with Gasteiger partial charge in [-0.1, -0.05) is 42.8 Å². The van der Waals surface area contributed by atoms with E-state index in [4.69, 9.17) is 0 Å². The maximum absolute atomic E-state index is 13.2. The zero-order valence-corrected chi connectivity index (χ0v) is 22.6. The quantitative estimate of drug-likeness (QED) is 0.361. The van der Waals surface area contributed by atoms with Crippen molar-refractivity contribution in [2.24, 2.45) is 0 Å². The van der Waals surface area contributed by atoms with E-state index in [0.29, 0.717) is 6.54 Å². The molecule has 0 amide bonds. The van der Waals surface area contributed by atoms with Gasteiger partial charge in [-0.25, -0.2) is 4.68 Å². The molecule has 0 saturated carbocycles. The van der Waals surface area contributed by atoms with Crippen LogP contribution in [0.2, 0.25) is 0 Å². The largest absolute Gasteiger partial charge is 0.321 e. The van der Waals surface area contributed by atoms with Gasteiger partial charge in [-0.2, -0.15) is 0 Å². The van der Waals surface area contributed by atoms with Gasteiger partial charge in [-0.3, -0.25) is 9.69 Å². The number of hydrogen-bond acceptors (Lipinski definition) is 5. The number of aryl methyl sites for hydroxylation is 3. The van der Waals surface area contributed by atoms with Crippen LogP contribution in [0.4, 0.5) is 0 Å². The first kappa shape index (κ1) is 25.8. The maximum atomic E-state index is 13.2. The van der Waals surface area contributed by atoms with Gasteiger partial charge in [0.1, 0.15) is 0 Å². The Morgan fingerprint density at radius 3 is 2.47 bits per heavy atom. The molecule has 0 aliphatic rings. The predicted molar refractivity (Wildman–Crippen MR) is 145 cm³/mol. The van der Waals surface area contributed by atoms with Crippen LogP contribution in [0.1, 0.15) is 73.8 Å². The van der Waals surface area contributed by atoms with Crippen LogP contribution in [0.5, 0.6) is 0 Å². The van der Waals surface area contributed by atoms with E-state index in [0.717, 1.165) is 47.2 Å². The van der Waals surface area contributed by atoms with Gasteiger partial charge in [-0.15, -0.1) is 5.10 Å². The molecule has 4 aromatic rings. The third-order valence-electron chi connectivity index (χ3n) is 6.93. The SMILES string of the molecule is CC[C@H](c1nnnn1C(C)(C)C)N(CCc1ccccc1C)Cc1cc2cc(C)cc(C)c2[nH]c1=O. The molecular formula is C29H38N6O. The van der Waals surface area contributed by atoms with E-state index in [2.05, 4.69) is 103 Å². The highest BCUT2D eigenvalue weighted by Crippen LogP contribution is 2.28. The van der Waals surface area contributed by atoms with E-state index in [9.17, 15) is 4.79 Å². The smallest absolute Gasteiger partial charge is 0.252 e. The van der Waals surface area contributed by atoms with Gasteiger partial charge in [0.2, 0.25) is 0 Å². The molecule has 2 aromatic heterocycles. The molecule has 0 saturated heterocycles. The van der Waals surface area contributed by atoms with E-state index in [-0.39, 0.29) is 17.1 Å². The number of aromatic amines is 1. The summed E-state index contributed by atoms with van der Waals surface area (Å²) in [5.41, 5.74) is 6.23. The van der Waals surface area contributed by atoms with Crippen molar-refractivity contribution < 1.29 is 0 Å². The summed E-state index contributed by atoms with van der Waals surface area (Å²) >= 11 is 0. The Kier molecular flexibility index (Phi) is 7.41. The minimum Gasteiger partial charge on any atom is -0.321 e. The summed E-state index contributed by atoms with van der Waals surface area (Å²) in [5, 5.41) is 13.9. The highest BCUT2D eigenvalue weighted by molar-refractivity contribution is 5.82. The first-order valence-electron chi connectivity index (χ1n) is 12.8. The van der Waals surface area contributed by atoms with Crippen molar-refractivity contribution in [3.05, 3.63) is 86.5 Å². The van der Waals surface area contributed by atoms with Crippen LogP contribution in [0, 0.1) is 20.8 Å². The summed E-state index contributed by atoms with van der Waals surface area (Å²) in [6.45, 7) is 16.1. The monoisotopic (exact) mass is 486 g/mol. The fourth-order valence-electron chi connectivity index (χ4n) is 5.05. The number of hydrogen-bond donors (Lipinski definition) is 1. The van der Waals surface area contributed by atoms with Gasteiger partial charge in [0, 0.05) is 18.7 Å². The minimum atomic E-state index is -0.247. The maximum Gasteiger partial charge on any atom is 0.252 e. The number of pyridine rings is 1. The second-order valence-electron chi connectivity index (χ2n) is 10.9. The van der Waals surface area contributed by atoms with Crippen LogP contribution >= 0.6 is 0 Å². The molecule has 0 fully saturated rings. The fraction of sp³-hybridized carbons (Fsp3) is 0.448. The van der Waals surface area contributed by atoms with Crippen molar-refractivity contribution in [1.29, 1.82) is 0 Å². The van der Waals surface area contributed by atoms with E-state index in [1.54, 1.807) is 0 Å². The standard InChI is InChI=1S/C29H38N6O/c1-8-25(27-31-32-33-35(27)29(5,6)7)34(14-13-22-12-10-9-11-20(22)3)18-24-17-23-16-19(2)15-21(4)26(23)30-28(24)36/h9-12,15-17,25H,8,13-14,18H2,1-7H3,(H,30,36)/t25-/m1/s1. The number of H-pyrrole nitrogens is 1. The Morgan fingerprint density at radius 1 is 1.03 bits per heavy atom. The molecule has 4 rings (SSSR count). The fourth-order valence-corrected chi connectivity index (χ4v) is 5.05. The number of benzene rings is 2. The van der Waals surface area contributed by atoms with Gasteiger partial charge < -0.3 is 4.98 Å². The number of nitrogens with one attached hydrogen (secondary N) is 1. The average Bonchev–Trinajstić information content (AvgIpc) is 3.30. The van der Waals surface area contributed by atoms with E-state index >= 15 is 0 Å². The molecule has 0 unspecified atom stereocenters. The molecule has 7 heteroatoms. The highest BCUT2D eigenvalue weighted by Gasteiger charge is 2.29. The Morgan fingerprint density at radius 2 is 1.78 bits per heavy atom. The second-order valence-corrected chi connectivity index (χ2v) is 10.9. The molecule has 0 radical (unpaired) electrons. The van der Waals surface area contributed by atoms with E-state index < -0.39 is 0 Å². The van der Waals surface area contributed by atoms with Crippen molar-refractivity contribution in [2.75, 3.05) is 6.54 Å². The van der Waals surface area contributed by atoms with Gasteiger partial charge in [0.25, 0.3) is 5.56 Å². The predicted octanol–water partition coefficient (Wildman–Crippen LogP) is 5.39. The zero-order chi connectivity index (χ0) is 26.0. The zero-order valence-electron chi connectivity index (χ0n) is 22.6. The molecule has 0 aliphatic heterocycles. The lowest BCUT2D eigenvalue weighted by Gasteiger charge is -2.32. The minimum absolute atomic E-state index is 0.0300. The van der Waals surface area contributed by atoms with Crippen molar-refractivity contribution in [1.82, 2.24) is 30.1 Å². The Balaban J connectivity index is 1.75. The number of rotatable bonds is 8. The van der Waals surface area contributed by atoms with Crippen LogP contribution in [0.15, 0.2) is 47.3 Å². The molecule has 0 aliphatic carbocycles. The number of aromatic nitrogens is 5. The lowest BCUT2D eigenvalue weighted by atomic mass is 10.0. The third-order valence-corrected chi connectivity index (χ3v) is 6.93. The first-order chi connectivity index (χ1) is 17.1. The van der Waals surface area contributed by atoms with Crippen LogP contribution in [0.3, 0.4) is 0 Å². The van der Waals surface area contributed by atoms with E-state index in [1.807, 2.05) is 17.7 Å². The van der Waals surface area contributed by atoms with Crippen molar-refractivity contribution in [2.45, 2.75) is 79.4 Å². The summed E-state index contributed by atoms with van der Waals surface area (Å²) in [7, 11) is 0. The van der Waals surface area contributed by atoms with Crippen LogP contribution in [-0.4, -0.2) is 36.6 Å². The number of fused-ring (bicyclic) bond motifs is 1. The topological polar surface area (TPSA) is 79.7 Å². The van der Waals surface area contributed by atoms with Crippen molar-refractivity contribution >= 4 is 10.9 Å². The second kappa shape index (κ2) is 10.3. The Hall–Kier alpha value is -3.32. The molecule has 0 bridgehead atoms. The molecule has 1 N–H and O–H groups in total. The number of nitrogens with zero attached hydrogens (tertiary/aromatic N) is 5. The van der Waals surface area contributed by atoms with Crippen molar-refractivity contribution in [3.63, 3.8) is 0 Å². The summed E-state index contributed by atoms with van der Waals surface area (Å²) in [6.07, 6.45) is 1.71. The lowest BCUT2D eigenvalue weighted by Crippen LogP contribution is -2.36. The summed E-state index contributed by atoms with van der Waals surface area (Å²) < 4.78 is 1.92. The normalized spacial score (nSPS) is 13.0. The molecule has 36 heavy (non-hydrogen) atoms. The molecule has 1 atom stereocenters. The Bertz CT molecular complexity index is 1410. The van der Waals surface area contributed by atoms with Crippen LogP contribution < -0.4 is 5.56 Å². The van der Waals surface area contributed by atoms with E-state index in [1.165, 1.54) is 16.7 Å². The van der Waals surface area contributed by atoms with Crippen LogP contribution in [0.25, 0.3) is 10.9 Å². The van der Waals surface area contributed by atoms with Gasteiger partial charge in [0.05, 0.1) is 17.1 Å². The average molecular weight is 487 g/mol. The molecule has 2 aromatic carbocycles. The Labute approximate surface area is 213 Å². The number of tetrazole rings is 1. The summed E-state index contributed by atoms with van der Waals surface area (Å²) in [4.78, 5) is 18.7. The molecule has 2 heterocycles. The molecule has 0 spiro atoms. The van der Waals surface area contributed by atoms with Gasteiger partial charge in [-0.05, 0) is 99.0 Å². The van der Waals surface area contributed by atoms with Gasteiger partial charge in [0.15, 0.2) is 5.82 Å². The van der Waals surface area contributed by atoms with Crippen molar-refractivity contribution in [3.8, 4) is 0 Å². The first-order valence-corrected chi connectivity index (χ1v) is 12.8. The van der Waals surface area contributed by atoms with Gasteiger partial charge >= 0.3 is 0 Å². The molecule has 7 nitrogen and oxygen atoms in total. The summed E-state index contributed by atoms with van der Waals surface area (Å²) in [6, 6.07) is 14.7. The summed E-state index contributed by atoms with van der Waals surface area (Å²) in [5.74, 6) is 0.832. The third kappa shape index (κ3) is 5.41. The molecule has 190 valence electrons. The van der Waals surface area contributed by atoms with Crippen LogP contribution in [-0.2, 0) is 18.5 Å². The lowest BCUT2D eigenvalue weighted by molar-refractivity contribution is 0.163.